The van der Waals surface area contributed by atoms with Crippen molar-refractivity contribution in [2.45, 2.75) is 19.4 Å². The molecule has 2 aliphatic heterocycles. The Morgan fingerprint density at radius 1 is 1.22 bits per heavy atom. The maximum absolute atomic E-state index is 9.33. The van der Waals surface area contributed by atoms with Gasteiger partial charge in [-0.1, -0.05) is 24.3 Å². The lowest BCUT2D eigenvalue weighted by Gasteiger charge is -2.27. The van der Waals surface area contributed by atoms with Gasteiger partial charge in [0.05, 0.1) is 6.61 Å². The minimum atomic E-state index is 0. The van der Waals surface area contributed by atoms with E-state index in [1.807, 2.05) is 0 Å². The van der Waals surface area contributed by atoms with Crippen LogP contribution >= 0.6 is 24.0 Å². The third kappa shape index (κ3) is 6.08. The molecular formula is C20H31IN4O2. The summed E-state index contributed by atoms with van der Waals surface area (Å²) in [5.41, 5.74) is 2.49. The van der Waals surface area contributed by atoms with E-state index in [4.69, 9.17) is 4.74 Å². The number of nitrogens with one attached hydrogen (secondary N) is 2. The fraction of sp³-hybridized carbons (Fsp3) is 0.550. The Morgan fingerprint density at radius 3 is 2.56 bits per heavy atom. The summed E-state index contributed by atoms with van der Waals surface area (Å²) < 4.78 is 5.54. The van der Waals surface area contributed by atoms with Crippen LogP contribution in [0, 0.1) is 5.41 Å². The van der Waals surface area contributed by atoms with Crippen molar-refractivity contribution in [2.75, 3.05) is 51.4 Å². The average Bonchev–Trinajstić information content (AvgIpc) is 3.35. The van der Waals surface area contributed by atoms with E-state index >= 15 is 0 Å². The highest BCUT2D eigenvalue weighted by Crippen LogP contribution is 2.31. The molecule has 0 aliphatic carbocycles. The van der Waals surface area contributed by atoms with E-state index in [2.05, 4.69) is 56.9 Å². The van der Waals surface area contributed by atoms with Crippen molar-refractivity contribution in [3.8, 4) is 0 Å². The first kappa shape index (κ1) is 22.0. The van der Waals surface area contributed by atoms with Crippen molar-refractivity contribution in [1.82, 2.24) is 10.6 Å². The van der Waals surface area contributed by atoms with Crippen LogP contribution in [0.15, 0.2) is 41.4 Å². The molecule has 0 bridgehead atoms. The predicted molar refractivity (Wildman–Crippen MR) is 121 cm³/mol. The fourth-order valence-corrected chi connectivity index (χ4v) is 3.50. The molecule has 1 saturated heterocycles. The highest BCUT2D eigenvalue weighted by atomic mass is 127. The smallest absolute Gasteiger partial charge is 0.191 e. The van der Waals surface area contributed by atoms with Crippen LogP contribution in [0.5, 0.6) is 0 Å². The zero-order valence-corrected chi connectivity index (χ0v) is 18.3. The number of aliphatic hydroxyl groups excluding tert-OH is 1. The molecule has 0 aromatic heterocycles. The maximum Gasteiger partial charge on any atom is 0.191 e. The second-order valence-electron chi connectivity index (χ2n) is 7.10. The molecule has 27 heavy (non-hydrogen) atoms. The lowest BCUT2D eigenvalue weighted by atomic mass is 9.84. The number of rotatable bonds is 7. The van der Waals surface area contributed by atoms with E-state index in [0.717, 1.165) is 51.6 Å². The third-order valence-corrected chi connectivity index (χ3v) is 5.26. The molecule has 1 atom stereocenters. The Labute approximate surface area is 179 Å². The average molecular weight is 486 g/mol. The number of anilines is 1. The number of hydrogen-bond donors (Lipinski definition) is 3. The summed E-state index contributed by atoms with van der Waals surface area (Å²) in [7, 11) is 1.78. The van der Waals surface area contributed by atoms with Gasteiger partial charge in [-0.25, -0.2) is 0 Å². The highest BCUT2D eigenvalue weighted by Gasteiger charge is 2.34. The number of ether oxygens (including phenoxy) is 1. The van der Waals surface area contributed by atoms with E-state index < -0.39 is 0 Å². The molecule has 2 aliphatic rings. The summed E-state index contributed by atoms with van der Waals surface area (Å²) >= 11 is 0. The minimum Gasteiger partial charge on any atom is -0.396 e. The number of benzene rings is 1. The summed E-state index contributed by atoms with van der Waals surface area (Å²) in [4.78, 5) is 6.65. The first-order valence-electron chi connectivity index (χ1n) is 9.37. The standard InChI is InChI=1S/C20H30N4O2.HI/c1-21-19(23-15-20(8-12-25)9-13-26-16-20)22-14-17-4-6-18(7-5-17)24-10-2-3-11-24;/h2-7,25H,8-16H2,1H3,(H2,21,22,23);1H. The Kier molecular flexibility index (Phi) is 8.85. The van der Waals surface area contributed by atoms with Gasteiger partial charge in [0.25, 0.3) is 0 Å². The topological polar surface area (TPSA) is 69.1 Å². The molecule has 0 radical (unpaired) electrons. The number of hydrogen-bond acceptors (Lipinski definition) is 4. The molecule has 0 saturated carbocycles. The van der Waals surface area contributed by atoms with Crippen LogP contribution < -0.4 is 15.5 Å². The normalized spacial score (nSPS) is 22.0. The van der Waals surface area contributed by atoms with Crippen LogP contribution in [0.3, 0.4) is 0 Å². The number of nitrogens with zero attached hydrogens (tertiary/aromatic N) is 2. The molecule has 0 amide bonds. The molecule has 6 nitrogen and oxygen atoms in total. The van der Waals surface area contributed by atoms with Crippen molar-refractivity contribution in [3.05, 3.63) is 42.0 Å². The number of guanidine groups is 1. The molecule has 2 heterocycles. The molecule has 150 valence electrons. The lowest BCUT2D eigenvalue weighted by Crippen LogP contribution is -2.44. The van der Waals surface area contributed by atoms with Gasteiger partial charge in [-0.05, 0) is 30.5 Å². The van der Waals surface area contributed by atoms with Crippen LogP contribution in [0.25, 0.3) is 0 Å². The van der Waals surface area contributed by atoms with Gasteiger partial charge in [0.15, 0.2) is 5.96 Å². The van der Waals surface area contributed by atoms with Crippen LogP contribution in [0.1, 0.15) is 18.4 Å². The largest absolute Gasteiger partial charge is 0.396 e. The second-order valence-corrected chi connectivity index (χ2v) is 7.10. The Hall–Kier alpha value is -1.32. The second kappa shape index (κ2) is 10.9. The van der Waals surface area contributed by atoms with Gasteiger partial charge < -0.3 is 25.4 Å². The molecule has 7 heteroatoms. The van der Waals surface area contributed by atoms with Gasteiger partial charge in [0, 0.05) is 57.5 Å². The Bertz CT molecular complexity index is 619. The molecular weight excluding hydrogens is 455 g/mol. The maximum atomic E-state index is 9.33. The number of aliphatic hydroxyl groups is 1. The quantitative estimate of drug-likeness (QED) is 0.239. The zero-order valence-electron chi connectivity index (χ0n) is 16.0. The number of halogens is 1. The SMILES string of the molecule is CN=C(NCc1ccc(N2CC=CC2)cc1)NCC1(CCO)CCOC1.I. The van der Waals surface area contributed by atoms with Crippen molar-refractivity contribution < 1.29 is 9.84 Å². The molecule has 1 fully saturated rings. The predicted octanol–water partition coefficient (Wildman–Crippen LogP) is 2.13. The van der Waals surface area contributed by atoms with Crippen molar-refractivity contribution >= 4 is 35.6 Å². The summed E-state index contributed by atoms with van der Waals surface area (Å²) in [6.45, 7) is 5.13. The monoisotopic (exact) mass is 486 g/mol. The van der Waals surface area contributed by atoms with E-state index in [-0.39, 0.29) is 36.0 Å². The van der Waals surface area contributed by atoms with Gasteiger partial charge in [-0.2, -0.15) is 0 Å². The van der Waals surface area contributed by atoms with E-state index in [1.54, 1.807) is 7.05 Å². The summed E-state index contributed by atoms with van der Waals surface area (Å²) in [5, 5.41) is 16.1. The number of aliphatic imine (C=N–C) groups is 1. The molecule has 0 spiro atoms. The minimum absolute atomic E-state index is 0. The van der Waals surface area contributed by atoms with Crippen molar-refractivity contribution in [1.29, 1.82) is 0 Å². The highest BCUT2D eigenvalue weighted by molar-refractivity contribution is 14.0. The van der Waals surface area contributed by atoms with E-state index in [9.17, 15) is 5.11 Å². The Balaban J connectivity index is 0.00000261. The van der Waals surface area contributed by atoms with Gasteiger partial charge in [-0.15, -0.1) is 24.0 Å². The molecule has 1 unspecified atom stereocenters. The van der Waals surface area contributed by atoms with E-state index in [1.165, 1.54) is 11.3 Å². The Morgan fingerprint density at radius 2 is 1.96 bits per heavy atom. The molecule has 3 N–H and O–H groups in total. The first-order valence-corrected chi connectivity index (χ1v) is 9.37. The zero-order chi connectivity index (χ0) is 18.2. The van der Waals surface area contributed by atoms with E-state index in [0.29, 0.717) is 6.61 Å². The molecule has 1 aromatic rings. The first-order chi connectivity index (χ1) is 12.7. The fourth-order valence-electron chi connectivity index (χ4n) is 3.50. The molecule has 1 aromatic carbocycles. The van der Waals surface area contributed by atoms with Gasteiger partial charge >= 0.3 is 0 Å². The van der Waals surface area contributed by atoms with Gasteiger partial charge in [0.2, 0.25) is 0 Å². The van der Waals surface area contributed by atoms with Gasteiger partial charge in [-0.3, -0.25) is 4.99 Å². The van der Waals surface area contributed by atoms with Crippen LogP contribution in [0.4, 0.5) is 5.69 Å². The lowest BCUT2D eigenvalue weighted by molar-refractivity contribution is 0.127. The van der Waals surface area contributed by atoms with Crippen LogP contribution in [0.2, 0.25) is 0 Å². The summed E-state index contributed by atoms with van der Waals surface area (Å²) in [5.74, 6) is 0.780. The van der Waals surface area contributed by atoms with Crippen LogP contribution in [-0.4, -0.2) is 57.6 Å². The van der Waals surface area contributed by atoms with Crippen LogP contribution in [-0.2, 0) is 11.3 Å². The van der Waals surface area contributed by atoms with Crippen molar-refractivity contribution in [2.24, 2.45) is 10.4 Å². The van der Waals surface area contributed by atoms with Crippen molar-refractivity contribution in [3.63, 3.8) is 0 Å². The van der Waals surface area contributed by atoms with Gasteiger partial charge in [0.1, 0.15) is 0 Å². The summed E-state index contributed by atoms with van der Waals surface area (Å²) in [6.07, 6.45) is 6.13. The summed E-state index contributed by atoms with van der Waals surface area (Å²) in [6, 6.07) is 8.66. The molecule has 3 rings (SSSR count). The third-order valence-electron chi connectivity index (χ3n) is 5.26.